The SMILES string of the molecule is CNC(=O)NN1CCN(C)CC1. The van der Waals surface area contributed by atoms with E-state index in [-0.39, 0.29) is 6.03 Å². The van der Waals surface area contributed by atoms with Crippen LogP contribution in [0.25, 0.3) is 0 Å². The van der Waals surface area contributed by atoms with Crippen molar-refractivity contribution in [2.45, 2.75) is 0 Å². The molecule has 0 unspecified atom stereocenters. The third kappa shape index (κ3) is 2.67. The summed E-state index contributed by atoms with van der Waals surface area (Å²) in [6.07, 6.45) is 0. The minimum Gasteiger partial charge on any atom is -0.340 e. The van der Waals surface area contributed by atoms with Crippen molar-refractivity contribution < 1.29 is 4.79 Å². The lowest BCUT2D eigenvalue weighted by molar-refractivity contribution is 0.113. The highest BCUT2D eigenvalue weighted by Gasteiger charge is 2.14. The Kier molecular flexibility index (Phi) is 3.31. The third-order valence-electron chi connectivity index (χ3n) is 1.99. The summed E-state index contributed by atoms with van der Waals surface area (Å²) in [6.45, 7) is 3.79. The average molecular weight is 172 g/mol. The van der Waals surface area contributed by atoms with E-state index in [1.807, 2.05) is 5.01 Å². The number of hydrazine groups is 1. The monoisotopic (exact) mass is 172 g/mol. The molecule has 1 fully saturated rings. The molecule has 5 heteroatoms. The normalized spacial score (nSPS) is 20.5. The number of piperazine rings is 1. The molecule has 2 N–H and O–H groups in total. The van der Waals surface area contributed by atoms with E-state index in [1.165, 1.54) is 0 Å². The van der Waals surface area contributed by atoms with Crippen molar-refractivity contribution in [3.8, 4) is 0 Å². The molecule has 0 bridgehead atoms. The first-order chi connectivity index (χ1) is 5.72. The molecule has 0 atom stereocenters. The van der Waals surface area contributed by atoms with E-state index in [2.05, 4.69) is 22.7 Å². The van der Waals surface area contributed by atoms with Gasteiger partial charge >= 0.3 is 6.03 Å². The number of carbonyl (C=O) groups excluding carboxylic acids is 1. The highest BCUT2D eigenvalue weighted by molar-refractivity contribution is 5.72. The van der Waals surface area contributed by atoms with E-state index in [0.717, 1.165) is 26.2 Å². The third-order valence-corrected chi connectivity index (χ3v) is 1.99. The quantitative estimate of drug-likeness (QED) is 0.537. The molecule has 0 spiro atoms. The van der Waals surface area contributed by atoms with E-state index in [9.17, 15) is 4.79 Å². The molecule has 0 radical (unpaired) electrons. The summed E-state index contributed by atoms with van der Waals surface area (Å²) < 4.78 is 0. The highest BCUT2D eigenvalue weighted by Crippen LogP contribution is 1.94. The molecular weight excluding hydrogens is 156 g/mol. The minimum absolute atomic E-state index is 0.139. The van der Waals surface area contributed by atoms with E-state index in [1.54, 1.807) is 7.05 Å². The average Bonchev–Trinajstić information content (AvgIpc) is 2.09. The summed E-state index contributed by atoms with van der Waals surface area (Å²) in [5.74, 6) is 0. The topological polar surface area (TPSA) is 47.6 Å². The van der Waals surface area contributed by atoms with Gasteiger partial charge in [0, 0.05) is 33.2 Å². The number of hydrogen-bond donors (Lipinski definition) is 2. The van der Waals surface area contributed by atoms with Gasteiger partial charge in [0.15, 0.2) is 0 Å². The van der Waals surface area contributed by atoms with Gasteiger partial charge in [0.25, 0.3) is 0 Å². The van der Waals surface area contributed by atoms with Crippen LogP contribution >= 0.6 is 0 Å². The smallest absolute Gasteiger partial charge is 0.329 e. The Hall–Kier alpha value is -0.810. The number of likely N-dealkylation sites (N-methyl/N-ethyl adjacent to an activating group) is 1. The lowest BCUT2D eigenvalue weighted by Gasteiger charge is -2.32. The molecule has 1 aliphatic rings. The van der Waals surface area contributed by atoms with Gasteiger partial charge in [0.2, 0.25) is 0 Å². The maximum absolute atomic E-state index is 10.9. The largest absolute Gasteiger partial charge is 0.340 e. The Morgan fingerprint density at radius 3 is 2.33 bits per heavy atom. The summed E-state index contributed by atoms with van der Waals surface area (Å²) in [4.78, 5) is 13.1. The fourth-order valence-electron chi connectivity index (χ4n) is 1.12. The van der Waals surface area contributed by atoms with Gasteiger partial charge in [0.1, 0.15) is 0 Å². The van der Waals surface area contributed by atoms with Crippen LogP contribution in [0.5, 0.6) is 0 Å². The lowest BCUT2D eigenvalue weighted by atomic mass is 10.4. The fraction of sp³-hybridized carbons (Fsp3) is 0.857. The predicted octanol–water partition coefficient (Wildman–Crippen LogP) is -0.922. The van der Waals surface area contributed by atoms with Crippen molar-refractivity contribution in [2.75, 3.05) is 40.3 Å². The Morgan fingerprint density at radius 1 is 1.25 bits per heavy atom. The summed E-state index contributed by atoms with van der Waals surface area (Å²) in [7, 11) is 3.70. The molecule has 12 heavy (non-hydrogen) atoms. The molecule has 70 valence electrons. The summed E-state index contributed by atoms with van der Waals surface area (Å²) >= 11 is 0. The number of nitrogens with zero attached hydrogens (tertiary/aromatic N) is 2. The molecule has 0 aromatic carbocycles. The number of hydrogen-bond acceptors (Lipinski definition) is 3. The second-order valence-electron chi connectivity index (χ2n) is 2.98. The van der Waals surface area contributed by atoms with Gasteiger partial charge < -0.3 is 10.2 Å². The first-order valence-corrected chi connectivity index (χ1v) is 4.14. The first kappa shape index (κ1) is 9.28. The molecule has 1 rings (SSSR count). The van der Waals surface area contributed by atoms with Crippen LogP contribution in [0.2, 0.25) is 0 Å². The van der Waals surface area contributed by atoms with Crippen molar-refractivity contribution in [3.05, 3.63) is 0 Å². The van der Waals surface area contributed by atoms with Crippen molar-refractivity contribution in [3.63, 3.8) is 0 Å². The Morgan fingerprint density at radius 2 is 1.83 bits per heavy atom. The van der Waals surface area contributed by atoms with Crippen LogP contribution in [0.3, 0.4) is 0 Å². The summed E-state index contributed by atoms with van der Waals surface area (Å²) in [5, 5.41) is 4.45. The molecule has 1 saturated heterocycles. The van der Waals surface area contributed by atoms with E-state index < -0.39 is 0 Å². The Labute approximate surface area is 72.7 Å². The molecule has 0 aromatic heterocycles. The van der Waals surface area contributed by atoms with Crippen LogP contribution in [0.15, 0.2) is 0 Å². The van der Waals surface area contributed by atoms with Crippen LogP contribution in [0.4, 0.5) is 4.79 Å². The van der Waals surface area contributed by atoms with Gasteiger partial charge in [0.05, 0.1) is 0 Å². The minimum atomic E-state index is -0.139. The first-order valence-electron chi connectivity index (χ1n) is 4.14. The van der Waals surface area contributed by atoms with Gasteiger partial charge in [-0.15, -0.1) is 0 Å². The molecule has 0 aliphatic carbocycles. The number of rotatable bonds is 1. The molecule has 2 amide bonds. The molecular formula is C7H16N4O. The second-order valence-corrected chi connectivity index (χ2v) is 2.98. The van der Waals surface area contributed by atoms with Crippen molar-refractivity contribution in [1.82, 2.24) is 20.7 Å². The van der Waals surface area contributed by atoms with Crippen molar-refractivity contribution in [2.24, 2.45) is 0 Å². The second kappa shape index (κ2) is 4.27. The Balaban J connectivity index is 2.21. The van der Waals surface area contributed by atoms with E-state index in [0.29, 0.717) is 0 Å². The fourth-order valence-corrected chi connectivity index (χ4v) is 1.12. The summed E-state index contributed by atoms with van der Waals surface area (Å²) in [6, 6.07) is -0.139. The van der Waals surface area contributed by atoms with Gasteiger partial charge in [-0.2, -0.15) is 0 Å². The standard InChI is InChI=1S/C7H16N4O/c1-8-7(12)9-11-5-3-10(2)4-6-11/h3-6H2,1-2H3,(H2,8,9,12). The number of carbonyl (C=O) groups is 1. The maximum atomic E-state index is 10.9. The maximum Gasteiger partial charge on any atom is 0.329 e. The van der Waals surface area contributed by atoms with Crippen LogP contribution < -0.4 is 10.7 Å². The van der Waals surface area contributed by atoms with Crippen LogP contribution in [0.1, 0.15) is 0 Å². The molecule has 1 aliphatic heterocycles. The molecule has 1 heterocycles. The summed E-state index contributed by atoms with van der Waals surface area (Å²) in [5.41, 5.74) is 2.75. The van der Waals surface area contributed by atoms with Crippen molar-refractivity contribution >= 4 is 6.03 Å². The zero-order valence-corrected chi connectivity index (χ0v) is 7.63. The van der Waals surface area contributed by atoms with Crippen LogP contribution in [-0.2, 0) is 0 Å². The Bertz CT molecular complexity index is 153. The lowest BCUT2D eigenvalue weighted by Crippen LogP contribution is -2.54. The van der Waals surface area contributed by atoms with Crippen LogP contribution in [-0.4, -0.2) is 56.2 Å². The van der Waals surface area contributed by atoms with E-state index in [4.69, 9.17) is 0 Å². The predicted molar refractivity (Wildman–Crippen MR) is 46.7 cm³/mol. The number of nitrogens with one attached hydrogen (secondary N) is 2. The van der Waals surface area contributed by atoms with E-state index >= 15 is 0 Å². The number of urea groups is 1. The van der Waals surface area contributed by atoms with Gasteiger partial charge in [-0.3, -0.25) is 5.43 Å². The highest BCUT2D eigenvalue weighted by atomic mass is 16.2. The van der Waals surface area contributed by atoms with Gasteiger partial charge in [-0.25, -0.2) is 9.80 Å². The van der Waals surface area contributed by atoms with Crippen molar-refractivity contribution in [1.29, 1.82) is 0 Å². The molecule has 0 saturated carbocycles. The molecule has 5 nitrogen and oxygen atoms in total. The van der Waals surface area contributed by atoms with Gasteiger partial charge in [-0.05, 0) is 7.05 Å². The zero-order chi connectivity index (χ0) is 8.97. The van der Waals surface area contributed by atoms with Gasteiger partial charge in [-0.1, -0.05) is 0 Å². The van der Waals surface area contributed by atoms with Crippen LogP contribution in [0, 0.1) is 0 Å². The molecule has 0 aromatic rings. The number of amides is 2. The zero-order valence-electron chi connectivity index (χ0n) is 7.63.